The van der Waals surface area contributed by atoms with E-state index in [4.69, 9.17) is 39.5 Å². The van der Waals surface area contributed by atoms with Gasteiger partial charge in [-0.05, 0) is 36.7 Å². The quantitative estimate of drug-likeness (QED) is 0.589. The Hall–Kier alpha value is -0.930. The average Bonchev–Trinajstić information content (AvgIpc) is 2.50. The highest BCUT2D eigenvalue weighted by molar-refractivity contribution is 6.44. The lowest BCUT2D eigenvalue weighted by Gasteiger charge is -2.11. The third-order valence-corrected chi connectivity index (χ3v) is 4.40. The van der Waals surface area contributed by atoms with E-state index in [0.717, 1.165) is 29.8 Å². The van der Waals surface area contributed by atoms with Crippen LogP contribution in [0.15, 0.2) is 36.4 Å². The van der Waals surface area contributed by atoms with Crippen molar-refractivity contribution in [2.75, 3.05) is 13.7 Å². The standard InChI is InChI=1S/C16H16Cl3NO/c1-21-15-5-3-2-4-11(15)8-9-20-10-12-13(17)6-7-14(18)16(12)19/h2-7,20H,8-10H2,1H3. The van der Waals surface area contributed by atoms with E-state index >= 15 is 0 Å². The summed E-state index contributed by atoms with van der Waals surface area (Å²) in [7, 11) is 1.68. The third kappa shape index (κ3) is 4.27. The van der Waals surface area contributed by atoms with Crippen molar-refractivity contribution in [2.24, 2.45) is 0 Å². The lowest BCUT2D eigenvalue weighted by Crippen LogP contribution is -2.17. The average molecular weight is 345 g/mol. The Bertz CT molecular complexity index is 616. The van der Waals surface area contributed by atoms with E-state index in [2.05, 4.69) is 11.4 Å². The van der Waals surface area contributed by atoms with Crippen LogP contribution in [0.1, 0.15) is 11.1 Å². The van der Waals surface area contributed by atoms with Crippen LogP contribution in [0, 0.1) is 0 Å². The number of halogens is 3. The minimum absolute atomic E-state index is 0.508. The monoisotopic (exact) mass is 343 g/mol. The second-order valence-corrected chi connectivity index (χ2v) is 5.75. The lowest BCUT2D eigenvalue weighted by molar-refractivity contribution is 0.409. The van der Waals surface area contributed by atoms with Crippen LogP contribution < -0.4 is 10.1 Å². The summed E-state index contributed by atoms with van der Waals surface area (Å²) in [5.41, 5.74) is 1.99. The largest absolute Gasteiger partial charge is 0.496 e. The van der Waals surface area contributed by atoms with E-state index in [1.165, 1.54) is 0 Å². The second kappa shape index (κ2) is 7.90. The van der Waals surface area contributed by atoms with Crippen LogP contribution in [0.2, 0.25) is 15.1 Å². The molecule has 21 heavy (non-hydrogen) atoms. The minimum Gasteiger partial charge on any atom is -0.496 e. The molecule has 112 valence electrons. The fraction of sp³-hybridized carbons (Fsp3) is 0.250. The van der Waals surface area contributed by atoms with Crippen molar-refractivity contribution in [2.45, 2.75) is 13.0 Å². The van der Waals surface area contributed by atoms with E-state index < -0.39 is 0 Å². The minimum atomic E-state index is 0.508. The fourth-order valence-electron chi connectivity index (χ4n) is 2.08. The molecule has 0 aliphatic rings. The van der Waals surface area contributed by atoms with Crippen LogP contribution in [0.3, 0.4) is 0 Å². The Morgan fingerprint density at radius 1 is 1.00 bits per heavy atom. The predicted molar refractivity (Wildman–Crippen MR) is 89.9 cm³/mol. The summed E-state index contributed by atoms with van der Waals surface area (Å²) in [5.74, 6) is 0.901. The molecule has 0 atom stereocenters. The van der Waals surface area contributed by atoms with E-state index in [-0.39, 0.29) is 0 Å². The molecule has 0 amide bonds. The van der Waals surface area contributed by atoms with Crippen molar-refractivity contribution in [3.8, 4) is 5.75 Å². The molecule has 0 aromatic heterocycles. The summed E-state index contributed by atoms with van der Waals surface area (Å²) < 4.78 is 5.33. The molecule has 1 N–H and O–H groups in total. The fourth-order valence-corrected chi connectivity index (χ4v) is 2.76. The molecule has 0 heterocycles. The van der Waals surface area contributed by atoms with Gasteiger partial charge in [0.2, 0.25) is 0 Å². The van der Waals surface area contributed by atoms with Crippen LogP contribution in [0.25, 0.3) is 0 Å². The van der Waals surface area contributed by atoms with Gasteiger partial charge in [0.15, 0.2) is 0 Å². The van der Waals surface area contributed by atoms with Gasteiger partial charge in [-0.3, -0.25) is 0 Å². The molecule has 0 aliphatic carbocycles. The number of nitrogens with one attached hydrogen (secondary N) is 1. The number of rotatable bonds is 6. The zero-order chi connectivity index (χ0) is 15.2. The molecule has 2 rings (SSSR count). The van der Waals surface area contributed by atoms with Gasteiger partial charge in [-0.15, -0.1) is 0 Å². The van der Waals surface area contributed by atoms with Crippen LogP contribution in [-0.2, 0) is 13.0 Å². The predicted octanol–water partition coefficient (Wildman–Crippen LogP) is 4.99. The number of ether oxygens (including phenoxy) is 1. The van der Waals surface area contributed by atoms with Gasteiger partial charge in [-0.25, -0.2) is 0 Å². The SMILES string of the molecule is COc1ccccc1CCNCc1c(Cl)ccc(Cl)c1Cl. The summed E-state index contributed by atoms with van der Waals surface area (Å²) in [4.78, 5) is 0. The molecular formula is C16H16Cl3NO. The molecule has 2 aromatic rings. The molecular weight excluding hydrogens is 329 g/mol. The maximum atomic E-state index is 6.17. The van der Waals surface area contributed by atoms with Crippen molar-refractivity contribution in [1.82, 2.24) is 5.32 Å². The summed E-state index contributed by atoms with van der Waals surface area (Å²) in [5, 5.41) is 4.97. The molecule has 0 fully saturated rings. The normalized spacial score (nSPS) is 10.7. The number of benzene rings is 2. The van der Waals surface area contributed by atoms with Crippen LogP contribution in [0.5, 0.6) is 5.75 Å². The molecule has 0 bridgehead atoms. The van der Waals surface area contributed by atoms with Gasteiger partial charge < -0.3 is 10.1 Å². The smallest absolute Gasteiger partial charge is 0.122 e. The van der Waals surface area contributed by atoms with E-state index in [1.54, 1.807) is 19.2 Å². The molecule has 0 unspecified atom stereocenters. The Balaban J connectivity index is 1.92. The first kappa shape index (κ1) is 16.4. The van der Waals surface area contributed by atoms with Crippen LogP contribution in [-0.4, -0.2) is 13.7 Å². The number of hydrogen-bond acceptors (Lipinski definition) is 2. The van der Waals surface area contributed by atoms with Gasteiger partial charge >= 0.3 is 0 Å². The molecule has 5 heteroatoms. The maximum Gasteiger partial charge on any atom is 0.122 e. The van der Waals surface area contributed by atoms with Crippen molar-refractivity contribution in [1.29, 1.82) is 0 Å². The highest BCUT2D eigenvalue weighted by Gasteiger charge is 2.09. The van der Waals surface area contributed by atoms with E-state index in [1.807, 2.05) is 18.2 Å². The first-order valence-electron chi connectivity index (χ1n) is 6.58. The summed E-state index contributed by atoms with van der Waals surface area (Å²) in [6.45, 7) is 1.37. The highest BCUT2D eigenvalue weighted by atomic mass is 35.5. The zero-order valence-corrected chi connectivity index (χ0v) is 13.9. The number of methoxy groups -OCH3 is 1. The molecule has 2 nitrogen and oxygen atoms in total. The van der Waals surface area contributed by atoms with E-state index in [9.17, 15) is 0 Å². The first-order chi connectivity index (χ1) is 10.1. The summed E-state index contributed by atoms with van der Waals surface area (Å²) in [6, 6.07) is 11.4. The molecule has 0 radical (unpaired) electrons. The number of hydrogen-bond donors (Lipinski definition) is 1. The van der Waals surface area contributed by atoms with Crippen LogP contribution in [0.4, 0.5) is 0 Å². The first-order valence-corrected chi connectivity index (χ1v) is 7.72. The van der Waals surface area contributed by atoms with Crippen molar-refractivity contribution >= 4 is 34.8 Å². The molecule has 2 aromatic carbocycles. The van der Waals surface area contributed by atoms with Gasteiger partial charge in [0, 0.05) is 17.1 Å². The van der Waals surface area contributed by atoms with Gasteiger partial charge in [0.25, 0.3) is 0 Å². The van der Waals surface area contributed by atoms with Gasteiger partial charge in [0.1, 0.15) is 5.75 Å². The Morgan fingerprint density at radius 2 is 1.71 bits per heavy atom. The zero-order valence-electron chi connectivity index (χ0n) is 11.6. The molecule has 0 spiro atoms. The van der Waals surface area contributed by atoms with Crippen molar-refractivity contribution in [3.63, 3.8) is 0 Å². The van der Waals surface area contributed by atoms with Gasteiger partial charge in [-0.2, -0.15) is 0 Å². The van der Waals surface area contributed by atoms with Crippen LogP contribution >= 0.6 is 34.8 Å². The Morgan fingerprint density at radius 3 is 2.48 bits per heavy atom. The topological polar surface area (TPSA) is 21.3 Å². The van der Waals surface area contributed by atoms with Crippen molar-refractivity contribution in [3.05, 3.63) is 62.6 Å². The maximum absolute atomic E-state index is 6.17. The summed E-state index contributed by atoms with van der Waals surface area (Å²) >= 11 is 18.3. The third-order valence-electron chi connectivity index (χ3n) is 3.20. The van der Waals surface area contributed by atoms with E-state index in [0.29, 0.717) is 21.6 Å². The van der Waals surface area contributed by atoms with Gasteiger partial charge in [0.05, 0.1) is 17.2 Å². The number of para-hydroxylation sites is 1. The highest BCUT2D eigenvalue weighted by Crippen LogP contribution is 2.31. The molecule has 0 saturated carbocycles. The Labute approximate surface area is 140 Å². The summed E-state index contributed by atoms with van der Waals surface area (Å²) in [6.07, 6.45) is 0.861. The van der Waals surface area contributed by atoms with Gasteiger partial charge in [-0.1, -0.05) is 53.0 Å². The molecule has 0 aliphatic heterocycles. The molecule has 0 saturated heterocycles. The van der Waals surface area contributed by atoms with Crippen molar-refractivity contribution < 1.29 is 4.74 Å². The second-order valence-electron chi connectivity index (χ2n) is 4.56. The lowest BCUT2D eigenvalue weighted by atomic mass is 10.1. The Kier molecular flexibility index (Phi) is 6.19.